The maximum Gasteiger partial charge on any atom is 0.372 e. The van der Waals surface area contributed by atoms with Crippen molar-refractivity contribution in [2.24, 2.45) is 0 Å². The average Bonchev–Trinajstić information content (AvgIpc) is 1.87. The first-order chi connectivity index (χ1) is 4.57. The smallest absolute Gasteiger partial charge is 0.372 e. The summed E-state index contributed by atoms with van der Waals surface area (Å²) in [6.07, 6.45) is 0.980. The molecular formula is C5H6O4S. The van der Waals surface area contributed by atoms with Crippen LogP contribution in [-0.4, -0.2) is 28.2 Å². The van der Waals surface area contributed by atoms with Gasteiger partial charge in [0.2, 0.25) is 5.78 Å². The zero-order valence-corrected chi connectivity index (χ0v) is 6.10. The normalized spacial score (nSPS) is 8.90. The Hall–Kier alpha value is -0.840. The SMILES string of the molecule is CSC(=O)CC(=O)C(=O)O. The Morgan fingerprint density at radius 1 is 1.40 bits per heavy atom. The maximum absolute atomic E-state index is 10.4. The summed E-state index contributed by atoms with van der Waals surface area (Å²) >= 11 is 0.847. The van der Waals surface area contributed by atoms with E-state index in [1.165, 1.54) is 6.26 Å². The van der Waals surface area contributed by atoms with E-state index in [0.717, 1.165) is 11.8 Å². The van der Waals surface area contributed by atoms with Crippen LogP contribution in [0.25, 0.3) is 0 Å². The van der Waals surface area contributed by atoms with Crippen LogP contribution >= 0.6 is 11.8 Å². The molecule has 0 bridgehead atoms. The predicted molar refractivity (Wildman–Crippen MR) is 35.8 cm³/mol. The Balaban J connectivity index is 3.80. The van der Waals surface area contributed by atoms with E-state index in [4.69, 9.17) is 5.11 Å². The molecule has 10 heavy (non-hydrogen) atoms. The first-order valence-electron chi connectivity index (χ1n) is 2.41. The maximum atomic E-state index is 10.4. The van der Waals surface area contributed by atoms with E-state index in [9.17, 15) is 14.4 Å². The van der Waals surface area contributed by atoms with Gasteiger partial charge in [-0.2, -0.15) is 0 Å². The summed E-state index contributed by atoms with van der Waals surface area (Å²) < 4.78 is 0. The number of Topliss-reactive ketones (excluding diaryl/α,β-unsaturated/α-hetero) is 1. The van der Waals surface area contributed by atoms with Crippen LogP contribution in [0, 0.1) is 0 Å². The van der Waals surface area contributed by atoms with Gasteiger partial charge in [-0.3, -0.25) is 9.59 Å². The third kappa shape index (κ3) is 3.24. The summed E-state index contributed by atoms with van der Waals surface area (Å²) in [7, 11) is 0. The van der Waals surface area contributed by atoms with Gasteiger partial charge >= 0.3 is 5.97 Å². The van der Waals surface area contributed by atoms with E-state index in [0.29, 0.717) is 0 Å². The van der Waals surface area contributed by atoms with E-state index in [-0.39, 0.29) is 0 Å². The molecule has 4 nitrogen and oxygen atoms in total. The average molecular weight is 162 g/mol. The highest BCUT2D eigenvalue weighted by atomic mass is 32.2. The third-order valence-corrected chi connectivity index (χ3v) is 1.37. The van der Waals surface area contributed by atoms with Gasteiger partial charge in [-0.25, -0.2) is 4.79 Å². The topological polar surface area (TPSA) is 71.4 Å². The molecule has 56 valence electrons. The number of thioether (sulfide) groups is 1. The fraction of sp³-hybridized carbons (Fsp3) is 0.400. The number of carboxylic acid groups (broad SMARTS) is 1. The Bertz CT molecular complexity index is 174. The van der Waals surface area contributed by atoms with Crippen molar-refractivity contribution in [3.05, 3.63) is 0 Å². The molecule has 5 heteroatoms. The second kappa shape index (κ2) is 4.05. The van der Waals surface area contributed by atoms with Crippen molar-refractivity contribution in [1.29, 1.82) is 0 Å². The third-order valence-electron chi connectivity index (χ3n) is 0.771. The fourth-order valence-corrected chi connectivity index (χ4v) is 0.554. The lowest BCUT2D eigenvalue weighted by Crippen LogP contribution is -2.15. The van der Waals surface area contributed by atoms with Crippen LogP contribution in [0.4, 0.5) is 0 Å². The number of hydrogen-bond acceptors (Lipinski definition) is 4. The molecule has 0 unspecified atom stereocenters. The molecule has 0 saturated heterocycles. The molecule has 0 aliphatic carbocycles. The number of carbonyl (C=O) groups excluding carboxylic acids is 2. The van der Waals surface area contributed by atoms with Crippen LogP contribution in [0.5, 0.6) is 0 Å². The molecule has 0 aromatic carbocycles. The van der Waals surface area contributed by atoms with Gasteiger partial charge in [0, 0.05) is 0 Å². The number of aliphatic carboxylic acids is 1. The van der Waals surface area contributed by atoms with E-state index in [2.05, 4.69) is 0 Å². The quantitative estimate of drug-likeness (QED) is 0.464. The van der Waals surface area contributed by atoms with Crippen LogP contribution in [-0.2, 0) is 14.4 Å². The Kier molecular flexibility index (Phi) is 3.71. The van der Waals surface area contributed by atoms with Crippen molar-refractivity contribution < 1.29 is 19.5 Å². The van der Waals surface area contributed by atoms with E-state index < -0.39 is 23.3 Å². The fourth-order valence-electron chi connectivity index (χ4n) is 0.279. The van der Waals surface area contributed by atoms with Gasteiger partial charge in [0.25, 0.3) is 0 Å². The molecule has 0 aliphatic heterocycles. The van der Waals surface area contributed by atoms with Gasteiger partial charge in [0.05, 0.1) is 6.42 Å². The molecule has 1 N–H and O–H groups in total. The van der Waals surface area contributed by atoms with Gasteiger partial charge in [0.1, 0.15) is 0 Å². The number of carboxylic acids is 1. The number of ketones is 1. The highest BCUT2D eigenvalue weighted by Crippen LogP contribution is 1.99. The molecule has 0 rings (SSSR count). The van der Waals surface area contributed by atoms with Crippen molar-refractivity contribution in [1.82, 2.24) is 0 Å². The van der Waals surface area contributed by atoms with Gasteiger partial charge < -0.3 is 5.11 Å². The first kappa shape index (κ1) is 9.16. The van der Waals surface area contributed by atoms with E-state index >= 15 is 0 Å². The number of hydrogen-bond donors (Lipinski definition) is 1. The Morgan fingerprint density at radius 2 is 1.90 bits per heavy atom. The lowest BCUT2D eigenvalue weighted by Gasteiger charge is -1.89. The zero-order valence-electron chi connectivity index (χ0n) is 5.29. The van der Waals surface area contributed by atoms with Crippen molar-refractivity contribution in [2.45, 2.75) is 6.42 Å². The van der Waals surface area contributed by atoms with Gasteiger partial charge in [-0.1, -0.05) is 11.8 Å². The molecule has 0 heterocycles. The lowest BCUT2D eigenvalue weighted by atomic mass is 10.3. The minimum absolute atomic E-state index is 0.424. The Labute approximate surface area is 61.6 Å². The predicted octanol–water partition coefficient (Wildman–Crippen LogP) is -0.0802. The lowest BCUT2D eigenvalue weighted by molar-refractivity contribution is -0.149. The molecule has 0 aromatic heterocycles. The van der Waals surface area contributed by atoms with Crippen molar-refractivity contribution in [3.8, 4) is 0 Å². The van der Waals surface area contributed by atoms with Crippen molar-refractivity contribution in [3.63, 3.8) is 0 Å². The second-order valence-corrected chi connectivity index (χ2v) is 2.34. The minimum Gasteiger partial charge on any atom is -0.475 e. The van der Waals surface area contributed by atoms with Crippen LogP contribution in [0.1, 0.15) is 6.42 Å². The molecule has 0 aliphatic rings. The number of carbonyl (C=O) groups is 3. The van der Waals surface area contributed by atoms with Crippen LogP contribution < -0.4 is 0 Å². The van der Waals surface area contributed by atoms with Gasteiger partial charge in [-0.05, 0) is 6.26 Å². The standard InChI is InChI=1S/C5H6O4S/c1-10-4(7)2-3(6)5(8)9/h2H2,1H3,(H,8,9). The highest BCUT2D eigenvalue weighted by molar-refractivity contribution is 8.13. The molecule has 0 fully saturated rings. The molecule has 0 saturated carbocycles. The molecule has 0 spiro atoms. The molecule has 0 aromatic rings. The number of rotatable bonds is 3. The molecular weight excluding hydrogens is 156 g/mol. The van der Waals surface area contributed by atoms with Crippen LogP contribution in [0.3, 0.4) is 0 Å². The van der Waals surface area contributed by atoms with Crippen LogP contribution in [0.15, 0.2) is 0 Å². The monoisotopic (exact) mass is 162 g/mol. The summed E-state index contributed by atoms with van der Waals surface area (Å²) in [5.41, 5.74) is 0. The van der Waals surface area contributed by atoms with Gasteiger partial charge in [-0.15, -0.1) is 0 Å². The van der Waals surface area contributed by atoms with E-state index in [1.54, 1.807) is 0 Å². The molecule has 0 radical (unpaired) electrons. The minimum atomic E-state index is -1.55. The largest absolute Gasteiger partial charge is 0.475 e. The Morgan fingerprint density at radius 3 is 2.20 bits per heavy atom. The van der Waals surface area contributed by atoms with Gasteiger partial charge in [0.15, 0.2) is 5.12 Å². The summed E-state index contributed by atoms with van der Waals surface area (Å²) in [4.78, 5) is 30.5. The molecule has 0 amide bonds. The van der Waals surface area contributed by atoms with Crippen LogP contribution in [0.2, 0.25) is 0 Å². The second-order valence-electron chi connectivity index (χ2n) is 1.48. The summed E-state index contributed by atoms with van der Waals surface area (Å²) in [5.74, 6) is -2.61. The van der Waals surface area contributed by atoms with E-state index in [1.807, 2.05) is 0 Å². The first-order valence-corrected chi connectivity index (χ1v) is 3.63. The zero-order chi connectivity index (χ0) is 8.15. The van der Waals surface area contributed by atoms with Crippen molar-refractivity contribution >= 4 is 28.6 Å². The summed E-state index contributed by atoms with van der Waals surface area (Å²) in [6.45, 7) is 0. The highest BCUT2D eigenvalue weighted by Gasteiger charge is 2.14. The summed E-state index contributed by atoms with van der Waals surface area (Å²) in [5, 5.41) is 7.59. The van der Waals surface area contributed by atoms with Crippen molar-refractivity contribution in [2.75, 3.05) is 6.26 Å². The summed E-state index contributed by atoms with van der Waals surface area (Å²) in [6, 6.07) is 0. The molecule has 0 atom stereocenters.